The highest BCUT2D eigenvalue weighted by molar-refractivity contribution is 14.1. The van der Waals surface area contributed by atoms with Crippen molar-refractivity contribution in [2.24, 2.45) is 7.05 Å². The van der Waals surface area contributed by atoms with Gasteiger partial charge in [0.05, 0.1) is 7.11 Å². The van der Waals surface area contributed by atoms with Crippen LogP contribution in [0.1, 0.15) is 0 Å². The average molecular weight is 413 g/mol. The van der Waals surface area contributed by atoms with Crippen LogP contribution in [0.2, 0.25) is 0 Å². The highest BCUT2D eigenvalue weighted by atomic mass is 127. The Morgan fingerprint density at radius 1 is 0.870 bits per heavy atom. The van der Waals surface area contributed by atoms with Gasteiger partial charge in [0.2, 0.25) is 0 Å². The van der Waals surface area contributed by atoms with Crippen LogP contribution in [-0.2, 0) is 7.05 Å². The second-order valence-corrected chi connectivity index (χ2v) is 6.78. The molecule has 3 heteroatoms. The van der Waals surface area contributed by atoms with Crippen molar-refractivity contribution in [2.45, 2.75) is 0 Å². The minimum absolute atomic E-state index is 0.883. The molecule has 4 rings (SSSR count). The number of fused-ring (bicyclic) bond motifs is 3. The topological polar surface area (TPSA) is 14.2 Å². The summed E-state index contributed by atoms with van der Waals surface area (Å²) in [6.07, 6.45) is 0. The predicted octanol–water partition coefficient (Wildman–Crippen LogP) is 5.61. The van der Waals surface area contributed by atoms with Crippen LogP contribution in [0.15, 0.2) is 60.7 Å². The van der Waals surface area contributed by atoms with E-state index in [0.29, 0.717) is 0 Å². The summed E-state index contributed by atoms with van der Waals surface area (Å²) in [7, 11) is 3.83. The molecule has 2 nitrogen and oxygen atoms in total. The van der Waals surface area contributed by atoms with Crippen LogP contribution in [0.3, 0.4) is 0 Å². The fraction of sp³-hybridized carbons (Fsp3) is 0.100. The van der Waals surface area contributed by atoms with Gasteiger partial charge in [0, 0.05) is 38.0 Å². The van der Waals surface area contributed by atoms with E-state index >= 15 is 0 Å². The summed E-state index contributed by atoms with van der Waals surface area (Å²) in [5, 5.41) is 2.62. The van der Waals surface area contributed by atoms with E-state index in [1.54, 1.807) is 7.11 Å². The first kappa shape index (κ1) is 14.6. The number of ether oxygens (including phenoxy) is 1. The molecule has 0 spiro atoms. The number of para-hydroxylation sites is 1. The zero-order valence-electron chi connectivity index (χ0n) is 13.0. The fourth-order valence-corrected chi connectivity index (χ4v) is 4.03. The van der Waals surface area contributed by atoms with E-state index in [0.717, 1.165) is 5.75 Å². The van der Waals surface area contributed by atoms with Crippen molar-refractivity contribution in [2.75, 3.05) is 7.11 Å². The van der Waals surface area contributed by atoms with Crippen molar-refractivity contribution in [3.05, 3.63) is 64.2 Å². The van der Waals surface area contributed by atoms with Gasteiger partial charge in [0.15, 0.2) is 0 Å². The van der Waals surface area contributed by atoms with Crippen molar-refractivity contribution in [1.29, 1.82) is 0 Å². The van der Waals surface area contributed by atoms with E-state index in [4.69, 9.17) is 4.74 Å². The molecule has 0 aliphatic heterocycles. The minimum Gasteiger partial charge on any atom is -0.497 e. The quantitative estimate of drug-likeness (QED) is 0.390. The number of nitrogens with zero attached hydrogens (tertiary/aromatic N) is 1. The minimum atomic E-state index is 0.883. The van der Waals surface area contributed by atoms with Gasteiger partial charge in [-0.1, -0.05) is 30.3 Å². The number of benzene rings is 3. The second kappa shape index (κ2) is 5.57. The normalized spacial score (nSPS) is 11.3. The molecule has 0 radical (unpaired) electrons. The van der Waals surface area contributed by atoms with E-state index in [1.165, 1.54) is 36.5 Å². The van der Waals surface area contributed by atoms with Gasteiger partial charge >= 0.3 is 0 Å². The molecular weight excluding hydrogens is 397 g/mol. The molecule has 0 unspecified atom stereocenters. The van der Waals surface area contributed by atoms with Crippen LogP contribution in [0.4, 0.5) is 0 Å². The maximum absolute atomic E-state index is 5.29. The number of aromatic nitrogens is 1. The molecule has 4 aromatic rings. The molecular formula is C20H16INO. The Hall–Kier alpha value is -2.01. The molecule has 23 heavy (non-hydrogen) atoms. The molecule has 114 valence electrons. The zero-order valence-corrected chi connectivity index (χ0v) is 15.2. The SMILES string of the molecule is COc1ccc(-c2c(I)ccc3c2c2ccccc2n3C)cc1. The summed E-state index contributed by atoms with van der Waals surface area (Å²) in [6, 6.07) is 21.3. The third kappa shape index (κ3) is 2.22. The summed E-state index contributed by atoms with van der Waals surface area (Å²) >= 11 is 2.43. The van der Waals surface area contributed by atoms with E-state index in [9.17, 15) is 0 Å². The molecule has 0 aliphatic rings. The summed E-state index contributed by atoms with van der Waals surface area (Å²) < 4.78 is 8.82. The molecule has 0 N–H and O–H groups in total. The number of hydrogen-bond acceptors (Lipinski definition) is 1. The monoisotopic (exact) mass is 413 g/mol. The highest BCUT2D eigenvalue weighted by Crippen LogP contribution is 2.39. The van der Waals surface area contributed by atoms with Gasteiger partial charge in [-0.05, 0) is 58.5 Å². The first-order valence-electron chi connectivity index (χ1n) is 7.51. The standard InChI is InChI=1S/C20H16INO/c1-22-17-6-4-3-5-15(17)20-18(22)12-11-16(21)19(20)13-7-9-14(23-2)10-8-13/h3-12H,1-2H3. The van der Waals surface area contributed by atoms with Crippen LogP contribution in [-0.4, -0.2) is 11.7 Å². The fourth-order valence-electron chi connectivity index (χ4n) is 3.27. The van der Waals surface area contributed by atoms with E-state index in [1.807, 2.05) is 12.1 Å². The Morgan fingerprint density at radius 2 is 1.61 bits per heavy atom. The predicted molar refractivity (Wildman–Crippen MR) is 105 cm³/mol. The van der Waals surface area contributed by atoms with Crippen molar-refractivity contribution >= 4 is 44.4 Å². The van der Waals surface area contributed by atoms with Crippen LogP contribution in [0.25, 0.3) is 32.9 Å². The van der Waals surface area contributed by atoms with E-state index in [2.05, 4.69) is 82.7 Å². The van der Waals surface area contributed by atoms with E-state index < -0.39 is 0 Å². The lowest BCUT2D eigenvalue weighted by Crippen LogP contribution is -1.89. The third-order valence-electron chi connectivity index (χ3n) is 4.41. The first-order chi connectivity index (χ1) is 11.2. The van der Waals surface area contributed by atoms with Gasteiger partial charge < -0.3 is 9.30 Å². The molecule has 1 aromatic heterocycles. The summed E-state index contributed by atoms with van der Waals surface area (Å²) in [6.45, 7) is 0. The van der Waals surface area contributed by atoms with Gasteiger partial charge in [-0.2, -0.15) is 0 Å². The molecule has 0 fully saturated rings. The molecule has 0 saturated carbocycles. The van der Waals surface area contributed by atoms with Crippen molar-refractivity contribution in [3.63, 3.8) is 0 Å². The lowest BCUT2D eigenvalue weighted by Gasteiger charge is -2.09. The van der Waals surface area contributed by atoms with Crippen molar-refractivity contribution in [3.8, 4) is 16.9 Å². The van der Waals surface area contributed by atoms with Crippen LogP contribution >= 0.6 is 22.6 Å². The number of methoxy groups -OCH3 is 1. The zero-order chi connectivity index (χ0) is 16.0. The Bertz CT molecular complexity index is 1020. The molecule has 0 atom stereocenters. The molecule has 1 heterocycles. The van der Waals surface area contributed by atoms with Crippen molar-refractivity contribution in [1.82, 2.24) is 4.57 Å². The number of rotatable bonds is 2. The van der Waals surface area contributed by atoms with Gasteiger partial charge in [0.1, 0.15) is 5.75 Å². The lowest BCUT2D eigenvalue weighted by atomic mass is 9.99. The molecule has 0 bridgehead atoms. The lowest BCUT2D eigenvalue weighted by molar-refractivity contribution is 0.415. The first-order valence-corrected chi connectivity index (χ1v) is 8.58. The van der Waals surface area contributed by atoms with Crippen molar-refractivity contribution < 1.29 is 4.74 Å². The molecule has 0 amide bonds. The van der Waals surface area contributed by atoms with Gasteiger partial charge in [-0.25, -0.2) is 0 Å². The maximum atomic E-state index is 5.29. The summed E-state index contributed by atoms with van der Waals surface area (Å²) in [5.41, 5.74) is 5.04. The Morgan fingerprint density at radius 3 is 2.35 bits per heavy atom. The highest BCUT2D eigenvalue weighted by Gasteiger charge is 2.15. The number of aryl methyl sites for hydroxylation is 1. The molecule has 0 saturated heterocycles. The second-order valence-electron chi connectivity index (χ2n) is 5.62. The Balaban J connectivity index is 2.12. The van der Waals surface area contributed by atoms with Crippen LogP contribution < -0.4 is 4.74 Å². The van der Waals surface area contributed by atoms with Crippen LogP contribution in [0, 0.1) is 3.57 Å². The third-order valence-corrected chi connectivity index (χ3v) is 5.31. The average Bonchev–Trinajstić information content (AvgIpc) is 2.88. The van der Waals surface area contributed by atoms with Gasteiger partial charge in [-0.15, -0.1) is 0 Å². The largest absolute Gasteiger partial charge is 0.497 e. The van der Waals surface area contributed by atoms with Gasteiger partial charge in [-0.3, -0.25) is 0 Å². The number of hydrogen-bond donors (Lipinski definition) is 0. The van der Waals surface area contributed by atoms with Crippen LogP contribution in [0.5, 0.6) is 5.75 Å². The summed E-state index contributed by atoms with van der Waals surface area (Å²) in [4.78, 5) is 0. The Kier molecular flexibility index (Phi) is 3.53. The molecule has 3 aromatic carbocycles. The molecule has 0 aliphatic carbocycles. The smallest absolute Gasteiger partial charge is 0.118 e. The number of halogens is 1. The van der Waals surface area contributed by atoms with Gasteiger partial charge in [0.25, 0.3) is 0 Å². The van der Waals surface area contributed by atoms with E-state index in [-0.39, 0.29) is 0 Å². The Labute approximate surface area is 148 Å². The maximum Gasteiger partial charge on any atom is 0.118 e. The summed E-state index contributed by atoms with van der Waals surface area (Å²) in [5.74, 6) is 0.883.